The van der Waals surface area contributed by atoms with Gasteiger partial charge < -0.3 is 19.9 Å². The molecule has 0 saturated carbocycles. The van der Waals surface area contributed by atoms with Crippen LogP contribution in [0.5, 0.6) is 0 Å². The van der Waals surface area contributed by atoms with Gasteiger partial charge in [-0.15, -0.1) is 0 Å². The molecule has 2 N–H and O–H groups in total. The molecule has 0 aliphatic carbocycles. The molecule has 0 bridgehead atoms. The molecule has 0 aliphatic rings. The normalized spacial score (nSPS) is 11.4. The lowest BCUT2D eigenvalue weighted by Crippen LogP contribution is -2.33. The third-order valence-electron chi connectivity index (χ3n) is 3.77. The minimum absolute atomic E-state index is 0.0664. The molecule has 0 unspecified atom stereocenters. The number of aryl methyl sites for hydroxylation is 1. The second-order valence-electron chi connectivity index (χ2n) is 7.36. The number of hydrogen-bond acceptors (Lipinski definition) is 3. The van der Waals surface area contributed by atoms with Gasteiger partial charge in [0.1, 0.15) is 5.60 Å². The maximum absolute atomic E-state index is 12.1. The summed E-state index contributed by atoms with van der Waals surface area (Å²) in [6, 6.07) is 8.00. The number of rotatable bonds is 7. The lowest BCUT2D eigenvalue weighted by Gasteiger charge is -2.19. The average Bonchev–Trinajstić information content (AvgIpc) is 2.93. The quantitative estimate of drug-likeness (QED) is 0.724. The Morgan fingerprint density at radius 3 is 2.65 bits per heavy atom. The standard InChI is InChI=1S/C20H29N3O3/c1-5-12-23-13-10-15-14-16(8-9-17(15)23)22-18(24)7-6-11-21-19(25)26-20(2,3)4/h8-10,13-14H,5-7,11-12H2,1-4H3,(H,21,25)(H,22,24). The summed E-state index contributed by atoms with van der Waals surface area (Å²) in [6.07, 6.45) is 3.59. The fraction of sp³-hybridized carbons (Fsp3) is 0.500. The van der Waals surface area contributed by atoms with E-state index in [1.54, 1.807) is 0 Å². The van der Waals surface area contributed by atoms with E-state index >= 15 is 0 Å². The zero-order valence-corrected chi connectivity index (χ0v) is 16.1. The predicted octanol–water partition coefficient (Wildman–Crippen LogP) is 4.29. The Morgan fingerprint density at radius 2 is 1.96 bits per heavy atom. The SMILES string of the molecule is CCCn1ccc2cc(NC(=O)CCCNC(=O)OC(C)(C)C)ccc21. The van der Waals surface area contributed by atoms with Crippen LogP contribution in [0.4, 0.5) is 10.5 Å². The van der Waals surface area contributed by atoms with E-state index in [1.807, 2.05) is 39.0 Å². The summed E-state index contributed by atoms with van der Waals surface area (Å²) in [5, 5.41) is 6.68. The summed E-state index contributed by atoms with van der Waals surface area (Å²) in [5.74, 6) is -0.0664. The highest BCUT2D eigenvalue weighted by Gasteiger charge is 2.15. The first-order chi connectivity index (χ1) is 12.3. The first-order valence-corrected chi connectivity index (χ1v) is 9.14. The molecular formula is C20H29N3O3. The number of anilines is 1. The summed E-state index contributed by atoms with van der Waals surface area (Å²) in [5.41, 5.74) is 1.44. The van der Waals surface area contributed by atoms with Gasteiger partial charge >= 0.3 is 6.09 Å². The highest BCUT2D eigenvalue weighted by molar-refractivity contribution is 5.93. The van der Waals surface area contributed by atoms with Crippen molar-refractivity contribution in [1.29, 1.82) is 0 Å². The van der Waals surface area contributed by atoms with Gasteiger partial charge in [0.05, 0.1) is 0 Å². The number of benzene rings is 1. The van der Waals surface area contributed by atoms with Crippen LogP contribution in [-0.4, -0.2) is 28.7 Å². The van der Waals surface area contributed by atoms with Gasteiger partial charge in [-0.25, -0.2) is 4.79 Å². The molecule has 6 heteroatoms. The van der Waals surface area contributed by atoms with Gasteiger partial charge in [-0.1, -0.05) is 6.92 Å². The first kappa shape index (κ1) is 19.8. The van der Waals surface area contributed by atoms with Crippen LogP contribution in [0, 0.1) is 0 Å². The summed E-state index contributed by atoms with van der Waals surface area (Å²) < 4.78 is 7.36. The van der Waals surface area contributed by atoms with E-state index < -0.39 is 11.7 Å². The maximum Gasteiger partial charge on any atom is 0.407 e. The summed E-state index contributed by atoms with van der Waals surface area (Å²) in [6.45, 7) is 8.98. The topological polar surface area (TPSA) is 72.4 Å². The Hall–Kier alpha value is -2.50. The van der Waals surface area contributed by atoms with Gasteiger partial charge in [-0.2, -0.15) is 0 Å². The van der Waals surface area contributed by atoms with Crippen molar-refractivity contribution in [2.24, 2.45) is 0 Å². The molecule has 142 valence electrons. The van der Waals surface area contributed by atoms with E-state index in [-0.39, 0.29) is 5.91 Å². The zero-order valence-electron chi connectivity index (χ0n) is 16.1. The van der Waals surface area contributed by atoms with Gasteiger partial charge in [-0.3, -0.25) is 4.79 Å². The van der Waals surface area contributed by atoms with Gasteiger partial charge in [-0.05, 0) is 57.9 Å². The van der Waals surface area contributed by atoms with E-state index in [4.69, 9.17) is 4.74 Å². The number of hydrogen-bond donors (Lipinski definition) is 2. The zero-order chi connectivity index (χ0) is 19.2. The van der Waals surface area contributed by atoms with Crippen molar-refractivity contribution in [3.05, 3.63) is 30.5 Å². The van der Waals surface area contributed by atoms with Crippen LogP contribution in [0.3, 0.4) is 0 Å². The molecule has 1 aromatic carbocycles. The molecule has 0 fully saturated rings. The number of amides is 2. The summed E-state index contributed by atoms with van der Waals surface area (Å²) in [7, 11) is 0. The molecule has 0 spiro atoms. The molecule has 1 aromatic heterocycles. The van der Waals surface area contributed by atoms with Crippen LogP contribution < -0.4 is 10.6 Å². The second kappa shape index (κ2) is 8.74. The molecule has 26 heavy (non-hydrogen) atoms. The molecule has 0 aliphatic heterocycles. The van der Waals surface area contributed by atoms with Crippen LogP contribution in [-0.2, 0) is 16.1 Å². The largest absolute Gasteiger partial charge is 0.444 e. The Labute approximate surface area is 154 Å². The van der Waals surface area contributed by atoms with Crippen LogP contribution in [0.15, 0.2) is 30.5 Å². The highest BCUT2D eigenvalue weighted by Crippen LogP contribution is 2.21. The first-order valence-electron chi connectivity index (χ1n) is 9.14. The number of carbonyl (C=O) groups excluding carboxylic acids is 2. The fourth-order valence-corrected chi connectivity index (χ4v) is 2.69. The average molecular weight is 359 g/mol. The highest BCUT2D eigenvalue weighted by atomic mass is 16.6. The third-order valence-corrected chi connectivity index (χ3v) is 3.77. The van der Waals surface area contributed by atoms with Crippen molar-refractivity contribution in [2.45, 2.75) is 59.1 Å². The summed E-state index contributed by atoms with van der Waals surface area (Å²) in [4.78, 5) is 23.6. The van der Waals surface area contributed by atoms with E-state index in [2.05, 4.69) is 34.4 Å². The van der Waals surface area contributed by atoms with Gasteiger partial charge in [0, 0.05) is 42.3 Å². The lowest BCUT2D eigenvalue weighted by atomic mass is 10.2. The molecule has 6 nitrogen and oxygen atoms in total. The van der Waals surface area contributed by atoms with Crippen LogP contribution in [0.1, 0.15) is 47.0 Å². The smallest absolute Gasteiger partial charge is 0.407 e. The molecule has 1 heterocycles. The van der Waals surface area contributed by atoms with Crippen molar-refractivity contribution in [1.82, 2.24) is 9.88 Å². The van der Waals surface area contributed by atoms with Crippen LogP contribution in [0.2, 0.25) is 0 Å². The molecule has 0 atom stereocenters. The molecule has 2 rings (SSSR count). The minimum Gasteiger partial charge on any atom is -0.444 e. The number of nitrogens with zero attached hydrogens (tertiary/aromatic N) is 1. The van der Waals surface area contributed by atoms with Crippen molar-refractivity contribution < 1.29 is 14.3 Å². The van der Waals surface area contributed by atoms with E-state index in [0.717, 1.165) is 24.0 Å². The molecule has 0 saturated heterocycles. The van der Waals surface area contributed by atoms with Crippen molar-refractivity contribution in [2.75, 3.05) is 11.9 Å². The summed E-state index contributed by atoms with van der Waals surface area (Å²) >= 11 is 0. The third kappa shape index (κ3) is 6.10. The van der Waals surface area contributed by atoms with E-state index in [9.17, 15) is 9.59 Å². The van der Waals surface area contributed by atoms with Crippen LogP contribution in [0.25, 0.3) is 10.9 Å². The Balaban J connectivity index is 1.77. The molecule has 0 radical (unpaired) electrons. The monoisotopic (exact) mass is 359 g/mol. The number of aromatic nitrogens is 1. The minimum atomic E-state index is -0.518. The number of fused-ring (bicyclic) bond motifs is 1. The second-order valence-corrected chi connectivity index (χ2v) is 7.36. The Bertz CT molecular complexity index is 759. The predicted molar refractivity (Wildman–Crippen MR) is 104 cm³/mol. The number of carbonyl (C=O) groups is 2. The van der Waals surface area contributed by atoms with Gasteiger partial charge in [0.25, 0.3) is 0 Å². The molecule has 2 amide bonds. The maximum atomic E-state index is 12.1. The number of nitrogens with one attached hydrogen (secondary N) is 2. The van der Waals surface area contributed by atoms with Crippen LogP contribution >= 0.6 is 0 Å². The Morgan fingerprint density at radius 1 is 1.19 bits per heavy atom. The Kier molecular flexibility index (Phi) is 6.66. The van der Waals surface area contributed by atoms with E-state index in [0.29, 0.717) is 19.4 Å². The number of ether oxygens (including phenoxy) is 1. The van der Waals surface area contributed by atoms with Gasteiger partial charge in [0.15, 0.2) is 0 Å². The van der Waals surface area contributed by atoms with Gasteiger partial charge in [0.2, 0.25) is 5.91 Å². The fourth-order valence-electron chi connectivity index (χ4n) is 2.69. The molecule has 2 aromatic rings. The van der Waals surface area contributed by atoms with E-state index in [1.165, 1.54) is 5.52 Å². The lowest BCUT2D eigenvalue weighted by molar-refractivity contribution is -0.116. The number of alkyl carbamates (subject to hydrolysis) is 1. The van der Waals surface area contributed by atoms with Crippen molar-refractivity contribution in [3.8, 4) is 0 Å². The van der Waals surface area contributed by atoms with Crippen molar-refractivity contribution in [3.63, 3.8) is 0 Å². The molecular weight excluding hydrogens is 330 g/mol. The van der Waals surface area contributed by atoms with Crippen molar-refractivity contribution >= 4 is 28.6 Å².